The van der Waals surface area contributed by atoms with Crippen molar-refractivity contribution in [2.24, 2.45) is 0 Å². The minimum Gasteiger partial charge on any atom is -0.345 e. The highest BCUT2D eigenvalue weighted by molar-refractivity contribution is 5.94. The number of pyridine rings is 1. The fourth-order valence-corrected chi connectivity index (χ4v) is 3.36. The van der Waals surface area contributed by atoms with E-state index in [1.165, 1.54) is 9.30 Å². The number of carbonyl (C=O) groups is 1. The summed E-state index contributed by atoms with van der Waals surface area (Å²) < 4.78 is 42.6. The van der Waals surface area contributed by atoms with E-state index in [0.717, 1.165) is 6.07 Å². The number of hydrogen-bond donors (Lipinski definition) is 1. The summed E-state index contributed by atoms with van der Waals surface area (Å²) in [6.45, 7) is 0. The zero-order valence-corrected chi connectivity index (χ0v) is 16.5. The first-order chi connectivity index (χ1) is 14.7. The van der Waals surface area contributed by atoms with Gasteiger partial charge in [-0.25, -0.2) is 4.98 Å². The van der Waals surface area contributed by atoms with Crippen LogP contribution in [0.15, 0.2) is 54.6 Å². The Morgan fingerprint density at radius 3 is 2.42 bits per heavy atom. The number of para-hydroxylation sites is 2. The number of anilines is 2. The zero-order valence-electron chi connectivity index (χ0n) is 16.5. The molecule has 0 atom stereocenters. The number of benzene rings is 2. The number of nitriles is 1. The van der Waals surface area contributed by atoms with E-state index in [2.05, 4.69) is 10.3 Å². The number of alkyl halides is 3. The van der Waals surface area contributed by atoms with Gasteiger partial charge in [0.1, 0.15) is 17.5 Å². The van der Waals surface area contributed by atoms with Crippen molar-refractivity contribution in [2.75, 3.05) is 19.4 Å². The maximum absolute atomic E-state index is 13.7. The summed E-state index contributed by atoms with van der Waals surface area (Å²) in [5.41, 5.74) is 0.260. The number of carbonyl (C=O) groups excluding carboxylic acids is 1. The highest BCUT2D eigenvalue weighted by Crippen LogP contribution is 2.37. The van der Waals surface area contributed by atoms with E-state index in [1.54, 1.807) is 68.7 Å². The zero-order chi connectivity index (χ0) is 22.3. The Bertz CT molecular complexity index is 1350. The van der Waals surface area contributed by atoms with Crippen molar-refractivity contribution < 1.29 is 18.0 Å². The Balaban J connectivity index is 1.91. The maximum Gasteiger partial charge on any atom is 0.417 e. The molecule has 4 aromatic rings. The Kier molecular flexibility index (Phi) is 4.78. The molecule has 2 aromatic heterocycles. The number of rotatable bonds is 3. The van der Waals surface area contributed by atoms with Gasteiger partial charge in [0, 0.05) is 25.3 Å². The van der Waals surface area contributed by atoms with Crippen molar-refractivity contribution >= 4 is 34.1 Å². The van der Waals surface area contributed by atoms with Crippen molar-refractivity contribution in [1.29, 1.82) is 5.26 Å². The van der Waals surface area contributed by atoms with Gasteiger partial charge in [-0.1, -0.05) is 12.1 Å². The Morgan fingerprint density at radius 1 is 1.13 bits per heavy atom. The fourth-order valence-electron chi connectivity index (χ4n) is 3.36. The molecule has 4 rings (SSSR count). The van der Waals surface area contributed by atoms with Crippen LogP contribution in [0, 0.1) is 11.3 Å². The van der Waals surface area contributed by atoms with Crippen LogP contribution in [0.25, 0.3) is 16.7 Å². The van der Waals surface area contributed by atoms with Crippen LogP contribution in [0.5, 0.6) is 0 Å². The highest BCUT2D eigenvalue weighted by Gasteiger charge is 2.36. The van der Waals surface area contributed by atoms with Gasteiger partial charge >= 0.3 is 6.18 Å². The Morgan fingerprint density at radius 2 is 1.81 bits per heavy atom. The average molecular weight is 423 g/mol. The lowest BCUT2D eigenvalue weighted by atomic mass is 10.1. The minimum absolute atomic E-state index is 0.0829. The molecule has 0 spiro atoms. The summed E-state index contributed by atoms with van der Waals surface area (Å²) in [6.07, 6.45) is -4.73. The molecular weight excluding hydrogens is 407 g/mol. The van der Waals surface area contributed by atoms with E-state index in [4.69, 9.17) is 0 Å². The van der Waals surface area contributed by atoms with E-state index < -0.39 is 17.3 Å². The molecule has 0 aliphatic rings. The molecule has 2 heterocycles. The highest BCUT2D eigenvalue weighted by atomic mass is 19.4. The number of fused-ring (bicyclic) bond motifs is 3. The van der Waals surface area contributed by atoms with E-state index in [0.29, 0.717) is 22.3 Å². The van der Waals surface area contributed by atoms with Gasteiger partial charge in [-0.15, -0.1) is 0 Å². The lowest BCUT2D eigenvalue weighted by Gasteiger charge is -2.16. The Hall–Kier alpha value is -4.06. The Labute approximate surface area is 175 Å². The predicted molar refractivity (Wildman–Crippen MR) is 110 cm³/mol. The second-order valence-corrected chi connectivity index (χ2v) is 7.09. The van der Waals surface area contributed by atoms with Crippen LogP contribution < -0.4 is 5.32 Å². The van der Waals surface area contributed by atoms with Crippen LogP contribution in [-0.4, -0.2) is 34.3 Å². The second-order valence-electron chi connectivity index (χ2n) is 7.09. The van der Waals surface area contributed by atoms with Gasteiger partial charge in [-0.3, -0.25) is 9.20 Å². The van der Waals surface area contributed by atoms with Gasteiger partial charge in [0.25, 0.3) is 5.91 Å². The monoisotopic (exact) mass is 423 g/mol. The molecule has 9 heteroatoms. The summed E-state index contributed by atoms with van der Waals surface area (Å²) in [5, 5.41) is 12.4. The number of aromatic nitrogens is 2. The van der Waals surface area contributed by atoms with Gasteiger partial charge < -0.3 is 10.2 Å². The molecule has 0 fully saturated rings. The molecule has 156 valence electrons. The standard InChI is InChI=1S/C22H16F3N5O/c1-29(2)21(31)13-7-9-14(10-8-13)27-19-11-16(22(23,24)25)15(12-26)20-28-17-5-3-4-6-18(17)30(19)20/h3-11,27H,1-2H3. The molecule has 0 unspecified atom stereocenters. The van der Waals surface area contributed by atoms with E-state index >= 15 is 0 Å². The molecule has 0 saturated heterocycles. The van der Waals surface area contributed by atoms with Crippen molar-refractivity contribution in [1.82, 2.24) is 14.3 Å². The van der Waals surface area contributed by atoms with Gasteiger partial charge in [-0.2, -0.15) is 18.4 Å². The molecule has 31 heavy (non-hydrogen) atoms. The van der Waals surface area contributed by atoms with Crippen LogP contribution in [-0.2, 0) is 6.18 Å². The number of nitrogens with zero attached hydrogens (tertiary/aromatic N) is 4. The van der Waals surface area contributed by atoms with Crippen LogP contribution in [0.2, 0.25) is 0 Å². The smallest absolute Gasteiger partial charge is 0.345 e. The topological polar surface area (TPSA) is 73.4 Å². The molecule has 0 bridgehead atoms. The third-order valence-electron chi connectivity index (χ3n) is 4.80. The number of imidazole rings is 1. The lowest BCUT2D eigenvalue weighted by Crippen LogP contribution is -2.21. The molecule has 0 aliphatic carbocycles. The third-order valence-corrected chi connectivity index (χ3v) is 4.80. The van der Waals surface area contributed by atoms with E-state index in [-0.39, 0.29) is 17.4 Å². The molecule has 1 amide bonds. The summed E-state index contributed by atoms with van der Waals surface area (Å²) in [6, 6.07) is 15.8. The molecule has 0 aliphatic heterocycles. The molecule has 0 saturated carbocycles. The summed E-state index contributed by atoms with van der Waals surface area (Å²) in [5.74, 6) is -0.0889. The number of hydrogen-bond acceptors (Lipinski definition) is 4. The van der Waals surface area contributed by atoms with Crippen molar-refractivity contribution in [2.45, 2.75) is 6.18 Å². The van der Waals surface area contributed by atoms with Gasteiger partial charge in [0.05, 0.1) is 16.6 Å². The quantitative estimate of drug-likeness (QED) is 0.513. The average Bonchev–Trinajstić information content (AvgIpc) is 3.12. The number of halogens is 3. The normalized spacial score (nSPS) is 11.5. The third kappa shape index (κ3) is 3.53. The van der Waals surface area contributed by atoms with E-state index in [9.17, 15) is 23.2 Å². The molecule has 2 aromatic carbocycles. The number of nitrogens with one attached hydrogen (secondary N) is 1. The minimum atomic E-state index is -4.73. The van der Waals surface area contributed by atoms with Crippen LogP contribution in [0.4, 0.5) is 24.7 Å². The maximum atomic E-state index is 13.7. The van der Waals surface area contributed by atoms with Crippen LogP contribution in [0.3, 0.4) is 0 Å². The summed E-state index contributed by atoms with van der Waals surface area (Å²) >= 11 is 0. The molecule has 1 N–H and O–H groups in total. The lowest BCUT2D eigenvalue weighted by molar-refractivity contribution is -0.137. The summed E-state index contributed by atoms with van der Waals surface area (Å²) in [7, 11) is 3.26. The van der Waals surface area contributed by atoms with Crippen LogP contribution >= 0.6 is 0 Å². The van der Waals surface area contributed by atoms with Crippen molar-refractivity contribution in [3.05, 3.63) is 71.3 Å². The van der Waals surface area contributed by atoms with Crippen molar-refractivity contribution in [3.8, 4) is 6.07 Å². The van der Waals surface area contributed by atoms with Crippen LogP contribution in [0.1, 0.15) is 21.5 Å². The number of amides is 1. The first-order valence-corrected chi connectivity index (χ1v) is 9.21. The van der Waals surface area contributed by atoms with Gasteiger partial charge in [0.2, 0.25) is 0 Å². The predicted octanol–water partition coefficient (Wildman–Crippen LogP) is 4.82. The second kappa shape index (κ2) is 7.32. The SMILES string of the molecule is CN(C)C(=O)c1ccc(Nc2cc(C(F)(F)F)c(C#N)c3nc4ccccc4n23)cc1. The fraction of sp³-hybridized carbons (Fsp3) is 0.136. The molecule has 6 nitrogen and oxygen atoms in total. The van der Waals surface area contributed by atoms with E-state index in [1.807, 2.05) is 0 Å². The van der Waals surface area contributed by atoms with Crippen molar-refractivity contribution in [3.63, 3.8) is 0 Å². The first-order valence-electron chi connectivity index (χ1n) is 9.21. The van der Waals surface area contributed by atoms with Gasteiger partial charge in [-0.05, 0) is 42.5 Å². The van der Waals surface area contributed by atoms with Gasteiger partial charge in [0.15, 0.2) is 5.65 Å². The largest absolute Gasteiger partial charge is 0.417 e. The summed E-state index contributed by atoms with van der Waals surface area (Å²) in [4.78, 5) is 17.8. The molecule has 0 radical (unpaired) electrons. The first kappa shape index (κ1) is 20.2. The molecular formula is C22H16F3N5O.